The maximum Gasteiger partial charge on any atom is 0.196 e. The molecule has 3 rings (SSSR count). The van der Waals surface area contributed by atoms with Crippen LogP contribution in [0.4, 0.5) is 5.69 Å². The Balaban J connectivity index is 2.20. The Morgan fingerprint density at radius 2 is 2.17 bits per heavy atom. The molecule has 0 radical (unpaired) electrons. The number of anilines is 1. The van der Waals surface area contributed by atoms with E-state index in [0.717, 1.165) is 17.0 Å². The zero-order chi connectivity index (χ0) is 8.13. The largest absolute Gasteiger partial charge is 0.448 e. The molecule has 2 N–H and O–H groups in total. The zero-order valence-electron chi connectivity index (χ0n) is 6.24. The van der Waals surface area contributed by atoms with Gasteiger partial charge in [-0.2, -0.15) is 0 Å². The summed E-state index contributed by atoms with van der Waals surface area (Å²) in [6.45, 7) is 0. The lowest BCUT2D eigenvalue weighted by molar-refractivity contribution is 0.214. The molecule has 1 atom stereocenters. The summed E-state index contributed by atoms with van der Waals surface area (Å²) in [5.41, 5.74) is 1.97. The summed E-state index contributed by atoms with van der Waals surface area (Å²) in [4.78, 5) is 0. The normalized spacial score (nSPS) is 23.6. The third kappa shape index (κ3) is 0.636. The van der Waals surface area contributed by atoms with E-state index in [1.807, 2.05) is 24.3 Å². The number of benzene rings is 1. The van der Waals surface area contributed by atoms with Crippen molar-refractivity contribution in [1.82, 2.24) is 0 Å². The van der Waals surface area contributed by atoms with Gasteiger partial charge in [0, 0.05) is 11.3 Å². The number of ether oxygens (including phenoxy) is 1. The van der Waals surface area contributed by atoms with Crippen molar-refractivity contribution in [3.63, 3.8) is 0 Å². The van der Waals surface area contributed by atoms with Crippen molar-refractivity contribution < 1.29 is 9.84 Å². The fourth-order valence-electron chi connectivity index (χ4n) is 1.47. The molecule has 0 saturated heterocycles. The van der Waals surface area contributed by atoms with Crippen LogP contribution in [0.15, 0.2) is 30.0 Å². The van der Waals surface area contributed by atoms with Crippen molar-refractivity contribution in [2.24, 2.45) is 0 Å². The number of aliphatic hydroxyl groups excluding tert-OH is 1. The number of para-hydroxylation sites is 1. The summed E-state index contributed by atoms with van der Waals surface area (Å²) in [5.74, 6) is 1.49. The summed E-state index contributed by atoms with van der Waals surface area (Å²) in [7, 11) is 0. The third-order valence-electron chi connectivity index (χ3n) is 2.11. The molecule has 0 saturated carbocycles. The van der Waals surface area contributed by atoms with Gasteiger partial charge < -0.3 is 15.2 Å². The summed E-state index contributed by atoms with van der Waals surface area (Å²) >= 11 is 0. The van der Waals surface area contributed by atoms with Crippen LogP contribution in [0.25, 0.3) is 5.76 Å². The van der Waals surface area contributed by atoms with Gasteiger partial charge >= 0.3 is 0 Å². The molecule has 0 aromatic heterocycles. The molecular weight excluding hydrogens is 154 g/mol. The van der Waals surface area contributed by atoms with Crippen molar-refractivity contribution in [2.45, 2.75) is 6.23 Å². The lowest BCUT2D eigenvalue weighted by Gasteiger charge is -2.12. The molecule has 0 bridgehead atoms. The summed E-state index contributed by atoms with van der Waals surface area (Å²) in [5, 5.41) is 12.3. The van der Waals surface area contributed by atoms with Crippen molar-refractivity contribution >= 4 is 11.4 Å². The van der Waals surface area contributed by atoms with Gasteiger partial charge in [0.05, 0.1) is 0 Å². The number of hydrogen-bond donors (Lipinski definition) is 2. The monoisotopic (exact) mass is 161 g/mol. The Labute approximate surface area is 69.3 Å². The highest BCUT2D eigenvalue weighted by molar-refractivity contribution is 5.84. The third-order valence-corrected chi connectivity index (χ3v) is 2.11. The molecule has 0 amide bonds. The molecule has 60 valence electrons. The molecule has 1 unspecified atom stereocenters. The van der Waals surface area contributed by atoms with Gasteiger partial charge in [0.2, 0.25) is 0 Å². The Kier molecular flexibility index (Phi) is 0.919. The number of rotatable bonds is 0. The fraction of sp³-hybridized carbons (Fsp3) is 0.111. The first kappa shape index (κ1) is 6.08. The van der Waals surface area contributed by atoms with Crippen molar-refractivity contribution in [2.75, 3.05) is 5.32 Å². The Hall–Kier alpha value is -1.48. The smallest absolute Gasteiger partial charge is 0.196 e. The van der Waals surface area contributed by atoms with Gasteiger partial charge in [-0.1, -0.05) is 12.1 Å². The maximum absolute atomic E-state index is 9.37. The van der Waals surface area contributed by atoms with Gasteiger partial charge in [0.15, 0.2) is 17.7 Å². The second-order valence-electron chi connectivity index (χ2n) is 2.89. The molecule has 1 aromatic carbocycles. The summed E-state index contributed by atoms with van der Waals surface area (Å²) < 4.78 is 5.14. The van der Waals surface area contributed by atoms with Gasteiger partial charge in [-0.15, -0.1) is 0 Å². The van der Waals surface area contributed by atoms with E-state index in [9.17, 15) is 5.11 Å². The van der Waals surface area contributed by atoms with E-state index in [0.29, 0.717) is 5.76 Å². The van der Waals surface area contributed by atoms with Crippen LogP contribution in [0.2, 0.25) is 0 Å². The highest BCUT2D eigenvalue weighted by Gasteiger charge is 2.38. The Morgan fingerprint density at radius 1 is 1.33 bits per heavy atom. The predicted molar refractivity (Wildman–Crippen MR) is 44.1 cm³/mol. The molecular formula is C9H7NO2. The second-order valence-corrected chi connectivity index (χ2v) is 2.89. The van der Waals surface area contributed by atoms with E-state index in [1.54, 1.807) is 0 Å². The molecule has 0 spiro atoms. The van der Waals surface area contributed by atoms with Crippen LogP contribution in [0.3, 0.4) is 0 Å². The number of hydrogen-bond acceptors (Lipinski definition) is 3. The first-order valence-electron chi connectivity index (χ1n) is 3.82. The fourth-order valence-corrected chi connectivity index (χ4v) is 1.47. The molecule has 2 heterocycles. The summed E-state index contributed by atoms with van der Waals surface area (Å²) in [6, 6.07) is 7.76. The molecule has 12 heavy (non-hydrogen) atoms. The Bertz CT molecular complexity index is 384. The molecule has 2 aliphatic rings. The lowest BCUT2D eigenvalue weighted by Crippen LogP contribution is -2.19. The molecule has 2 aliphatic heterocycles. The summed E-state index contributed by atoms with van der Waals surface area (Å²) in [6.07, 6.45) is -0.658. The van der Waals surface area contributed by atoms with Crippen LogP contribution < -0.4 is 5.32 Å². The second kappa shape index (κ2) is 1.81. The van der Waals surface area contributed by atoms with Crippen molar-refractivity contribution in [1.29, 1.82) is 0 Å². The van der Waals surface area contributed by atoms with Crippen LogP contribution in [0, 0.1) is 0 Å². The molecule has 3 nitrogen and oxygen atoms in total. The van der Waals surface area contributed by atoms with Crippen molar-refractivity contribution in [3.05, 3.63) is 35.6 Å². The highest BCUT2D eigenvalue weighted by Crippen LogP contribution is 2.45. The maximum atomic E-state index is 9.37. The standard InChI is InChI=1S/C9H7NO2/c11-9-8-7(12-8)5-3-1-2-4-6(5)10-9/h1-4,9-11H. The van der Waals surface area contributed by atoms with Crippen LogP contribution in [-0.4, -0.2) is 11.3 Å². The van der Waals surface area contributed by atoms with Gasteiger partial charge in [0.25, 0.3) is 0 Å². The average molecular weight is 161 g/mol. The average Bonchev–Trinajstić information content (AvgIpc) is 2.84. The number of aliphatic hydroxyl groups is 1. The quantitative estimate of drug-likeness (QED) is 0.599. The van der Waals surface area contributed by atoms with E-state index < -0.39 is 6.23 Å². The van der Waals surface area contributed by atoms with E-state index >= 15 is 0 Å². The number of fused-ring (bicyclic) bond motifs is 2. The molecule has 1 aromatic rings. The van der Waals surface area contributed by atoms with E-state index in [1.165, 1.54) is 0 Å². The number of nitrogens with one attached hydrogen (secondary N) is 1. The van der Waals surface area contributed by atoms with E-state index in [4.69, 9.17) is 4.74 Å². The minimum atomic E-state index is -0.658. The Morgan fingerprint density at radius 3 is 3.08 bits per heavy atom. The topological polar surface area (TPSA) is 44.8 Å². The van der Waals surface area contributed by atoms with Gasteiger partial charge in [-0.05, 0) is 12.1 Å². The van der Waals surface area contributed by atoms with Crippen LogP contribution in [0.5, 0.6) is 0 Å². The van der Waals surface area contributed by atoms with E-state index in [-0.39, 0.29) is 0 Å². The first-order valence-corrected chi connectivity index (χ1v) is 3.82. The SMILES string of the molecule is OC1Nc2ccccc2C2=C1O2. The van der Waals surface area contributed by atoms with Crippen LogP contribution >= 0.6 is 0 Å². The van der Waals surface area contributed by atoms with Crippen molar-refractivity contribution in [3.8, 4) is 0 Å². The van der Waals surface area contributed by atoms with Gasteiger partial charge in [-0.25, -0.2) is 0 Å². The predicted octanol–water partition coefficient (Wildman–Crippen LogP) is 1.13. The molecule has 0 fully saturated rings. The molecule has 3 heteroatoms. The van der Waals surface area contributed by atoms with Crippen LogP contribution in [-0.2, 0) is 4.74 Å². The minimum absolute atomic E-state index is 0.658. The van der Waals surface area contributed by atoms with Gasteiger partial charge in [0.1, 0.15) is 0 Å². The zero-order valence-corrected chi connectivity index (χ0v) is 6.24. The van der Waals surface area contributed by atoms with Gasteiger partial charge in [-0.3, -0.25) is 0 Å². The minimum Gasteiger partial charge on any atom is -0.448 e. The highest BCUT2D eigenvalue weighted by atomic mass is 16.6. The lowest BCUT2D eigenvalue weighted by atomic mass is 10.1. The first-order chi connectivity index (χ1) is 5.86. The van der Waals surface area contributed by atoms with E-state index in [2.05, 4.69) is 5.32 Å². The van der Waals surface area contributed by atoms with Crippen LogP contribution in [0.1, 0.15) is 5.56 Å². The molecule has 0 aliphatic carbocycles.